The lowest BCUT2D eigenvalue weighted by Gasteiger charge is -2.22. The highest BCUT2D eigenvalue weighted by Crippen LogP contribution is 2.18. The van der Waals surface area contributed by atoms with Crippen LogP contribution in [0.5, 0.6) is 5.88 Å². The summed E-state index contributed by atoms with van der Waals surface area (Å²) in [6.07, 6.45) is -2.30. The number of pyridine rings is 1. The van der Waals surface area contributed by atoms with Gasteiger partial charge in [-0.1, -0.05) is 30.3 Å². The Hall–Kier alpha value is -2.61. The smallest absolute Gasteiger partial charge is 0.422 e. The maximum Gasteiger partial charge on any atom is 0.422 e. The van der Waals surface area contributed by atoms with Crippen molar-refractivity contribution in [1.82, 2.24) is 14.8 Å². The minimum absolute atomic E-state index is 0.154. The molecule has 0 bridgehead atoms. The minimum atomic E-state index is -4.42. The Morgan fingerprint density at radius 1 is 1.04 bits per heavy atom. The quantitative estimate of drug-likeness (QED) is 0.782. The lowest BCUT2D eigenvalue weighted by atomic mass is 10.2. The van der Waals surface area contributed by atoms with Gasteiger partial charge in [0.1, 0.15) is 0 Å². The second kappa shape index (κ2) is 9.05. The molecule has 150 valence electrons. The van der Waals surface area contributed by atoms with Gasteiger partial charge < -0.3 is 9.64 Å². The fourth-order valence-electron chi connectivity index (χ4n) is 3.10. The van der Waals surface area contributed by atoms with Gasteiger partial charge in [0.25, 0.3) is 5.91 Å². The molecule has 3 rings (SSSR count). The number of amides is 1. The first-order valence-corrected chi connectivity index (χ1v) is 9.12. The molecule has 1 aliphatic rings. The first kappa shape index (κ1) is 20.1. The van der Waals surface area contributed by atoms with E-state index < -0.39 is 12.8 Å². The van der Waals surface area contributed by atoms with Crippen molar-refractivity contribution in [3.05, 3.63) is 59.8 Å². The number of hydrogen-bond donors (Lipinski definition) is 0. The highest BCUT2D eigenvalue weighted by Gasteiger charge is 2.28. The van der Waals surface area contributed by atoms with E-state index in [0.717, 1.165) is 26.1 Å². The molecule has 2 heterocycles. The van der Waals surface area contributed by atoms with Crippen LogP contribution in [0.3, 0.4) is 0 Å². The normalized spacial score (nSPS) is 15.9. The summed E-state index contributed by atoms with van der Waals surface area (Å²) in [5.74, 6) is -0.324. The second-order valence-electron chi connectivity index (χ2n) is 6.70. The molecule has 1 aromatic carbocycles. The Bertz CT molecular complexity index is 767. The van der Waals surface area contributed by atoms with Gasteiger partial charge in [-0.3, -0.25) is 9.69 Å². The molecule has 0 unspecified atom stereocenters. The largest absolute Gasteiger partial charge is 0.468 e. The molecule has 0 aliphatic carbocycles. The molecule has 1 fully saturated rings. The highest BCUT2D eigenvalue weighted by atomic mass is 19.4. The van der Waals surface area contributed by atoms with Crippen molar-refractivity contribution >= 4 is 5.91 Å². The predicted octanol–water partition coefficient (Wildman–Crippen LogP) is 3.37. The van der Waals surface area contributed by atoms with Crippen LogP contribution in [-0.4, -0.2) is 59.7 Å². The number of alkyl halides is 3. The van der Waals surface area contributed by atoms with Crippen LogP contribution in [-0.2, 0) is 6.54 Å². The summed E-state index contributed by atoms with van der Waals surface area (Å²) in [5, 5.41) is 0. The first-order chi connectivity index (χ1) is 13.4. The predicted molar refractivity (Wildman–Crippen MR) is 98.0 cm³/mol. The Kier molecular flexibility index (Phi) is 6.51. The molecule has 0 atom stereocenters. The molecule has 0 N–H and O–H groups in total. The van der Waals surface area contributed by atoms with E-state index >= 15 is 0 Å². The van der Waals surface area contributed by atoms with Crippen LogP contribution in [0.15, 0.2) is 48.7 Å². The molecule has 0 saturated carbocycles. The summed E-state index contributed by atoms with van der Waals surface area (Å²) in [7, 11) is 0. The van der Waals surface area contributed by atoms with Crippen molar-refractivity contribution in [1.29, 1.82) is 0 Å². The topological polar surface area (TPSA) is 45.7 Å². The van der Waals surface area contributed by atoms with Crippen LogP contribution in [0.2, 0.25) is 0 Å². The lowest BCUT2D eigenvalue weighted by molar-refractivity contribution is -0.154. The third-order valence-corrected chi connectivity index (χ3v) is 4.49. The molecule has 8 heteroatoms. The number of benzene rings is 1. The van der Waals surface area contributed by atoms with Gasteiger partial charge >= 0.3 is 6.18 Å². The van der Waals surface area contributed by atoms with Crippen LogP contribution in [0.1, 0.15) is 22.3 Å². The molecule has 1 aromatic heterocycles. The zero-order valence-corrected chi connectivity index (χ0v) is 15.4. The number of hydrogen-bond acceptors (Lipinski definition) is 4. The van der Waals surface area contributed by atoms with Crippen molar-refractivity contribution in [3.8, 4) is 5.88 Å². The van der Waals surface area contributed by atoms with Crippen molar-refractivity contribution in [2.45, 2.75) is 19.1 Å². The van der Waals surface area contributed by atoms with Crippen molar-refractivity contribution in [2.75, 3.05) is 32.8 Å². The number of carbonyl (C=O) groups excluding carboxylic acids is 1. The van der Waals surface area contributed by atoms with Crippen molar-refractivity contribution in [2.24, 2.45) is 0 Å². The maximum absolute atomic E-state index is 12.7. The molecular formula is C20H22F3N3O2. The second-order valence-corrected chi connectivity index (χ2v) is 6.70. The molecule has 28 heavy (non-hydrogen) atoms. The number of ether oxygens (including phenoxy) is 1. The molecule has 1 amide bonds. The SMILES string of the molecule is O=C(c1ccc(OCC(F)(F)F)nc1)N1CCCN(Cc2ccccc2)CC1. The van der Waals surface area contributed by atoms with E-state index in [1.807, 2.05) is 18.2 Å². The fourth-order valence-corrected chi connectivity index (χ4v) is 3.10. The number of nitrogens with zero attached hydrogens (tertiary/aromatic N) is 3. The molecule has 1 aliphatic heterocycles. The van der Waals surface area contributed by atoms with E-state index in [9.17, 15) is 18.0 Å². The molecule has 2 aromatic rings. The third kappa shape index (κ3) is 5.95. The van der Waals surface area contributed by atoms with E-state index in [1.54, 1.807) is 4.90 Å². The van der Waals surface area contributed by atoms with Gasteiger partial charge in [0.05, 0.1) is 5.56 Å². The number of aromatic nitrogens is 1. The average molecular weight is 393 g/mol. The van der Waals surface area contributed by atoms with Crippen LogP contribution >= 0.6 is 0 Å². The number of rotatable bonds is 5. The third-order valence-electron chi connectivity index (χ3n) is 4.49. The van der Waals surface area contributed by atoms with Crippen molar-refractivity contribution in [3.63, 3.8) is 0 Å². The number of halogens is 3. The molecule has 0 spiro atoms. The van der Waals surface area contributed by atoms with E-state index in [0.29, 0.717) is 18.7 Å². The van der Waals surface area contributed by atoms with Crippen LogP contribution in [0, 0.1) is 0 Å². The Balaban J connectivity index is 1.54. The Morgan fingerprint density at radius 3 is 2.50 bits per heavy atom. The van der Waals surface area contributed by atoms with Crippen molar-refractivity contribution < 1.29 is 22.7 Å². The summed E-state index contributed by atoms with van der Waals surface area (Å²) in [5.41, 5.74) is 1.58. The van der Waals surface area contributed by atoms with Gasteiger partial charge in [0, 0.05) is 45.0 Å². The Morgan fingerprint density at radius 2 is 1.82 bits per heavy atom. The van der Waals surface area contributed by atoms with E-state index in [1.165, 1.54) is 23.9 Å². The molecule has 5 nitrogen and oxygen atoms in total. The first-order valence-electron chi connectivity index (χ1n) is 9.12. The van der Waals surface area contributed by atoms with Gasteiger partial charge in [0.15, 0.2) is 6.61 Å². The molecular weight excluding hydrogens is 371 g/mol. The zero-order chi connectivity index (χ0) is 20.0. The van der Waals surface area contributed by atoms with Gasteiger partial charge in [0.2, 0.25) is 5.88 Å². The standard InChI is InChI=1S/C20H22F3N3O2/c21-20(22,23)15-28-18-8-7-17(13-24-18)19(27)26-10-4-9-25(11-12-26)14-16-5-2-1-3-6-16/h1-3,5-8,13H,4,9-12,14-15H2. The summed E-state index contributed by atoms with van der Waals surface area (Å²) in [4.78, 5) is 20.6. The monoisotopic (exact) mass is 393 g/mol. The zero-order valence-electron chi connectivity index (χ0n) is 15.4. The average Bonchev–Trinajstić information content (AvgIpc) is 2.92. The van der Waals surface area contributed by atoms with Gasteiger partial charge in [-0.2, -0.15) is 13.2 Å². The summed E-state index contributed by atoms with van der Waals surface area (Å²) in [6, 6.07) is 12.9. The van der Waals surface area contributed by atoms with Gasteiger partial charge in [-0.25, -0.2) is 4.98 Å². The van der Waals surface area contributed by atoms with Crippen LogP contribution < -0.4 is 4.74 Å². The van der Waals surface area contributed by atoms with Crippen LogP contribution in [0.4, 0.5) is 13.2 Å². The summed E-state index contributed by atoms with van der Waals surface area (Å²) in [6.45, 7) is 2.34. The summed E-state index contributed by atoms with van der Waals surface area (Å²) >= 11 is 0. The minimum Gasteiger partial charge on any atom is -0.468 e. The highest BCUT2D eigenvalue weighted by molar-refractivity contribution is 5.94. The lowest BCUT2D eigenvalue weighted by Crippen LogP contribution is -2.35. The molecule has 1 saturated heterocycles. The van der Waals surface area contributed by atoms with Crippen LogP contribution in [0.25, 0.3) is 0 Å². The Labute approximate surface area is 161 Å². The maximum atomic E-state index is 12.7. The van der Waals surface area contributed by atoms with E-state index in [-0.39, 0.29) is 11.8 Å². The molecule has 0 radical (unpaired) electrons. The van der Waals surface area contributed by atoms with Gasteiger partial charge in [-0.15, -0.1) is 0 Å². The van der Waals surface area contributed by atoms with Gasteiger partial charge in [-0.05, 0) is 18.1 Å². The fraction of sp³-hybridized carbons (Fsp3) is 0.400. The van der Waals surface area contributed by atoms with E-state index in [2.05, 4.69) is 26.8 Å². The van der Waals surface area contributed by atoms with E-state index in [4.69, 9.17) is 0 Å². The summed E-state index contributed by atoms with van der Waals surface area (Å²) < 4.78 is 41.1. The number of carbonyl (C=O) groups is 1.